The predicted octanol–water partition coefficient (Wildman–Crippen LogP) is 3.41. The molecule has 0 radical (unpaired) electrons. The van der Waals surface area contributed by atoms with Crippen molar-refractivity contribution in [2.75, 3.05) is 0 Å². The van der Waals surface area contributed by atoms with Crippen LogP contribution in [0.2, 0.25) is 0 Å². The van der Waals surface area contributed by atoms with Gasteiger partial charge in [0.05, 0.1) is 12.2 Å². The molecule has 10 heteroatoms. The van der Waals surface area contributed by atoms with Gasteiger partial charge in [0.15, 0.2) is 0 Å². The second-order valence-electron chi connectivity index (χ2n) is 10.2. The number of rotatable bonds is 4. The van der Waals surface area contributed by atoms with Crippen LogP contribution in [0.15, 0.2) is 0 Å². The molecule has 4 fully saturated rings. The van der Waals surface area contributed by atoms with Crippen molar-refractivity contribution in [3.63, 3.8) is 0 Å². The van der Waals surface area contributed by atoms with Gasteiger partial charge in [0.2, 0.25) is 0 Å². The van der Waals surface area contributed by atoms with Crippen LogP contribution in [-0.2, 0) is 29.2 Å². The van der Waals surface area contributed by atoms with Crippen molar-refractivity contribution < 1.29 is 34.3 Å². The van der Waals surface area contributed by atoms with Crippen molar-refractivity contribution >= 4 is 20.8 Å². The molecule has 0 spiro atoms. The molecule has 4 saturated carbocycles. The maximum Gasteiger partial charge on any atom is 0.397 e. The molecule has 0 heterocycles. The predicted molar refractivity (Wildman–Crippen MR) is 105 cm³/mol. The van der Waals surface area contributed by atoms with Gasteiger partial charge in [0.25, 0.3) is 0 Å². The molecule has 0 aromatic rings. The minimum absolute atomic E-state index is 0.103. The highest BCUT2D eigenvalue weighted by Crippen LogP contribution is 2.66. The fourth-order valence-electron chi connectivity index (χ4n) is 7.73. The van der Waals surface area contributed by atoms with E-state index in [0.717, 1.165) is 38.5 Å². The molecule has 0 saturated heterocycles. The van der Waals surface area contributed by atoms with Gasteiger partial charge in [-0.2, -0.15) is 16.8 Å². The lowest BCUT2D eigenvalue weighted by atomic mass is 9.45. The van der Waals surface area contributed by atoms with Gasteiger partial charge in [-0.15, -0.1) is 0 Å². The maximum atomic E-state index is 11.3. The van der Waals surface area contributed by atoms with E-state index < -0.39 is 33.0 Å². The van der Waals surface area contributed by atoms with Gasteiger partial charge in [0, 0.05) is 0 Å². The largest absolute Gasteiger partial charge is 0.397 e. The quantitative estimate of drug-likeness (QED) is 0.621. The van der Waals surface area contributed by atoms with Crippen molar-refractivity contribution in [3.05, 3.63) is 0 Å². The summed E-state index contributed by atoms with van der Waals surface area (Å²) in [5.41, 5.74) is -0.142. The normalized spacial score (nSPS) is 47.9. The Balaban J connectivity index is 1.51. The van der Waals surface area contributed by atoms with E-state index in [1.54, 1.807) is 0 Å². The molecule has 0 amide bonds. The topological polar surface area (TPSA) is 127 Å². The first-order valence-electron chi connectivity index (χ1n) is 10.6. The van der Waals surface area contributed by atoms with Gasteiger partial charge in [-0.05, 0) is 92.3 Å². The zero-order valence-corrected chi connectivity index (χ0v) is 18.6. The molecule has 0 aromatic carbocycles. The minimum Gasteiger partial charge on any atom is -0.264 e. The van der Waals surface area contributed by atoms with Gasteiger partial charge in [-0.3, -0.25) is 9.11 Å². The third-order valence-corrected chi connectivity index (χ3v) is 10.0. The fourth-order valence-corrected chi connectivity index (χ4v) is 8.86. The Morgan fingerprint density at radius 1 is 0.759 bits per heavy atom. The van der Waals surface area contributed by atoms with Gasteiger partial charge in [0.1, 0.15) is 0 Å². The summed E-state index contributed by atoms with van der Waals surface area (Å²) in [7, 11) is -8.89. The van der Waals surface area contributed by atoms with E-state index in [1.165, 1.54) is 0 Å². The van der Waals surface area contributed by atoms with Crippen LogP contribution in [0, 0.1) is 34.5 Å². The molecule has 0 unspecified atom stereocenters. The van der Waals surface area contributed by atoms with Crippen molar-refractivity contribution in [1.82, 2.24) is 0 Å². The molecule has 2 N–H and O–H groups in total. The Bertz CT molecular complexity index is 855. The van der Waals surface area contributed by atoms with Gasteiger partial charge >= 0.3 is 20.8 Å². The molecule has 0 aliphatic heterocycles. The van der Waals surface area contributed by atoms with Crippen molar-refractivity contribution in [3.8, 4) is 0 Å². The first-order valence-corrected chi connectivity index (χ1v) is 13.4. The summed E-state index contributed by atoms with van der Waals surface area (Å²) in [5, 5.41) is 0. The zero-order chi connectivity index (χ0) is 21.2. The molecule has 8 nitrogen and oxygen atoms in total. The second kappa shape index (κ2) is 7.13. The molecule has 4 aliphatic carbocycles. The van der Waals surface area contributed by atoms with Crippen molar-refractivity contribution in [2.24, 2.45) is 34.5 Å². The lowest BCUT2D eigenvalue weighted by Gasteiger charge is -2.60. The Kier molecular flexibility index (Phi) is 5.40. The molecular weight excluding hydrogens is 420 g/mol. The van der Waals surface area contributed by atoms with Crippen LogP contribution in [0.25, 0.3) is 0 Å². The van der Waals surface area contributed by atoms with E-state index in [1.807, 2.05) is 0 Å². The molecule has 8 atom stereocenters. The van der Waals surface area contributed by atoms with E-state index in [0.29, 0.717) is 42.9 Å². The van der Waals surface area contributed by atoms with E-state index in [4.69, 9.17) is 12.9 Å². The van der Waals surface area contributed by atoms with Crippen LogP contribution in [0.5, 0.6) is 0 Å². The van der Waals surface area contributed by atoms with Gasteiger partial charge < -0.3 is 0 Å². The minimum atomic E-state index is -4.46. The number of fused-ring (bicyclic) bond motifs is 5. The van der Waals surface area contributed by atoms with Crippen molar-refractivity contribution in [2.45, 2.75) is 83.8 Å². The summed E-state index contributed by atoms with van der Waals surface area (Å²) >= 11 is 0. The lowest BCUT2D eigenvalue weighted by Crippen LogP contribution is -2.54. The van der Waals surface area contributed by atoms with Gasteiger partial charge in [-0.25, -0.2) is 8.37 Å². The maximum absolute atomic E-state index is 11.3. The molecule has 168 valence electrons. The Labute approximate surface area is 173 Å². The van der Waals surface area contributed by atoms with Crippen LogP contribution < -0.4 is 0 Å². The Morgan fingerprint density at radius 3 is 2.03 bits per heavy atom. The lowest BCUT2D eigenvalue weighted by molar-refractivity contribution is -0.129. The molecule has 4 aliphatic rings. The average molecular weight is 453 g/mol. The van der Waals surface area contributed by atoms with Crippen LogP contribution in [-0.4, -0.2) is 38.1 Å². The first kappa shape index (κ1) is 22.0. The zero-order valence-electron chi connectivity index (χ0n) is 17.0. The molecular formula is C19H32O8S2. The highest BCUT2D eigenvalue weighted by atomic mass is 32.3. The fraction of sp³-hybridized carbons (Fsp3) is 1.00. The first-order chi connectivity index (χ1) is 13.3. The van der Waals surface area contributed by atoms with Crippen LogP contribution in [0.3, 0.4) is 0 Å². The van der Waals surface area contributed by atoms with Crippen LogP contribution >= 0.6 is 0 Å². The standard InChI is InChI=1S/C19H32O8S2/c1-18-9-7-13(26-28(20,21)22)11-12(18)3-4-14-15-5-6-17(27-29(23,24)25)19(15,2)10-8-16(14)18/h12-17H,3-11H2,1-2H3,(H,20,21,22)(H,23,24,25)/t12-,13-,14-,15-,16-,17-,18-,19-/m0/s1. The van der Waals surface area contributed by atoms with Crippen LogP contribution in [0.4, 0.5) is 0 Å². The number of hydrogen-bond donors (Lipinski definition) is 2. The summed E-state index contributed by atoms with van der Waals surface area (Å²) < 4.78 is 73.1. The molecule has 29 heavy (non-hydrogen) atoms. The molecule has 0 aromatic heterocycles. The highest BCUT2D eigenvalue weighted by molar-refractivity contribution is 7.81. The summed E-state index contributed by atoms with van der Waals surface area (Å²) in [6, 6.07) is 0. The average Bonchev–Trinajstić information content (AvgIpc) is 2.89. The summed E-state index contributed by atoms with van der Waals surface area (Å²) in [6.45, 7) is 4.43. The summed E-state index contributed by atoms with van der Waals surface area (Å²) in [5.74, 6) is 1.73. The van der Waals surface area contributed by atoms with Gasteiger partial charge in [-0.1, -0.05) is 13.8 Å². The number of hydrogen-bond acceptors (Lipinski definition) is 6. The summed E-state index contributed by atoms with van der Waals surface area (Å²) in [4.78, 5) is 0. The Morgan fingerprint density at radius 2 is 1.38 bits per heavy atom. The third kappa shape index (κ3) is 4.01. The van der Waals surface area contributed by atoms with E-state index in [-0.39, 0.29) is 10.8 Å². The van der Waals surface area contributed by atoms with Crippen molar-refractivity contribution in [1.29, 1.82) is 0 Å². The third-order valence-electron chi connectivity index (χ3n) is 9.03. The Hall–Kier alpha value is -0.260. The second-order valence-corrected chi connectivity index (χ2v) is 12.3. The highest BCUT2D eigenvalue weighted by Gasteiger charge is 2.61. The monoisotopic (exact) mass is 452 g/mol. The molecule has 0 bridgehead atoms. The van der Waals surface area contributed by atoms with Crippen LogP contribution in [0.1, 0.15) is 71.6 Å². The van der Waals surface area contributed by atoms with E-state index in [9.17, 15) is 21.4 Å². The van der Waals surface area contributed by atoms with E-state index in [2.05, 4.69) is 13.8 Å². The molecule has 4 rings (SSSR count). The SMILES string of the molecule is C[C@]12CC[C@H](OS(=O)(=O)O)C[C@@H]1CC[C@@H]1[C@@H]2CC[C@]2(C)[C@@H](OS(=O)(=O)O)CC[C@@H]12. The van der Waals surface area contributed by atoms with E-state index >= 15 is 0 Å². The summed E-state index contributed by atoms with van der Waals surface area (Å²) in [6.07, 6.45) is 6.64. The smallest absolute Gasteiger partial charge is 0.264 e.